The highest BCUT2D eigenvalue weighted by Gasteiger charge is 2.36. The summed E-state index contributed by atoms with van der Waals surface area (Å²) in [5.41, 5.74) is 2.49. The van der Waals surface area contributed by atoms with E-state index in [-0.39, 0.29) is 27.8 Å². The molecule has 0 N–H and O–H groups in total. The van der Waals surface area contributed by atoms with Crippen LogP contribution < -0.4 is 4.74 Å². The van der Waals surface area contributed by atoms with Gasteiger partial charge in [0.25, 0.3) is 0 Å². The van der Waals surface area contributed by atoms with Gasteiger partial charge in [0.1, 0.15) is 5.75 Å². The maximum absolute atomic E-state index is 13.4. The molecule has 2 fully saturated rings. The Hall–Kier alpha value is -2.91. The van der Waals surface area contributed by atoms with Gasteiger partial charge in [-0.15, -0.1) is 0 Å². The summed E-state index contributed by atoms with van der Waals surface area (Å²) >= 11 is 6.16. The average Bonchev–Trinajstić information content (AvgIpc) is 2.98. The van der Waals surface area contributed by atoms with Crippen LogP contribution in [0.1, 0.15) is 30.0 Å². The van der Waals surface area contributed by atoms with Crippen LogP contribution in [0.2, 0.25) is 5.02 Å². The highest BCUT2D eigenvalue weighted by Crippen LogP contribution is 2.32. The molecule has 39 heavy (non-hydrogen) atoms. The number of amides is 1. The average molecular weight is 568 g/mol. The molecule has 1 amide bonds. The largest absolute Gasteiger partial charge is 0.495 e. The first-order valence-corrected chi connectivity index (χ1v) is 15.2. The fourth-order valence-corrected chi connectivity index (χ4v) is 7.46. The SMILES string of the molecule is COc1ccc(S(=O)(=O)N2CCC(C(=O)N3CCN(C(c4ccccc4)c4ccccc4)CC3)CC2)cc1Cl. The van der Waals surface area contributed by atoms with Gasteiger partial charge in [0.2, 0.25) is 15.9 Å². The number of piperazine rings is 1. The molecule has 2 aliphatic rings. The maximum Gasteiger partial charge on any atom is 0.243 e. The molecular formula is C30H34ClN3O4S. The second kappa shape index (κ2) is 12.1. The fraction of sp³-hybridized carbons (Fsp3) is 0.367. The van der Waals surface area contributed by atoms with Gasteiger partial charge in [0.05, 0.1) is 23.1 Å². The fourth-order valence-electron chi connectivity index (χ4n) is 5.64. The first kappa shape index (κ1) is 27.6. The zero-order valence-electron chi connectivity index (χ0n) is 22.1. The first-order chi connectivity index (χ1) is 18.9. The Morgan fingerprint density at radius 2 is 1.41 bits per heavy atom. The maximum atomic E-state index is 13.4. The van der Waals surface area contributed by atoms with Crippen molar-refractivity contribution < 1.29 is 17.9 Å². The van der Waals surface area contributed by atoms with Crippen molar-refractivity contribution in [1.29, 1.82) is 0 Å². The number of ether oxygens (including phenoxy) is 1. The number of benzene rings is 3. The van der Waals surface area contributed by atoms with Crippen molar-refractivity contribution in [3.63, 3.8) is 0 Å². The smallest absolute Gasteiger partial charge is 0.243 e. The molecule has 3 aromatic carbocycles. The zero-order chi connectivity index (χ0) is 27.4. The van der Waals surface area contributed by atoms with Crippen LogP contribution in [0.25, 0.3) is 0 Å². The summed E-state index contributed by atoms with van der Waals surface area (Å²) in [6.07, 6.45) is 1.03. The van der Waals surface area contributed by atoms with E-state index < -0.39 is 10.0 Å². The summed E-state index contributed by atoms with van der Waals surface area (Å²) in [5, 5.41) is 0.254. The molecule has 206 valence electrons. The Bertz CT molecular complexity index is 1330. The minimum Gasteiger partial charge on any atom is -0.495 e. The molecule has 5 rings (SSSR count). The second-order valence-corrected chi connectivity index (χ2v) is 12.4. The summed E-state index contributed by atoms with van der Waals surface area (Å²) in [4.78, 5) is 18.0. The highest BCUT2D eigenvalue weighted by atomic mass is 35.5. The lowest BCUT2D eigenvalue weighted by Crippen LogP contribution is -2.52. The number of rotatable bonds is 7. The molecule has 0 aliphatic carbocycles. The minimum atomic E-state index is -3.69. The van der Waals surface area contributed by atoms with Crippen molar-refractivity contribution in [2.24, 2.45) is 5.92 Å². The van der Waals surface area contributed by atoms with Crippen molar-refractivity contribution in [1.82, 2.24) is 14.1 Å². The van der Waals surface area contributed by atoms with E-state index in [0.717, 1.165) is 13.1 Å². The number of hydrogen-bond acceptors (Lipinski definition) is 5. The van der Waals surface area contributed by atoms with E-state index >= 15 is 0 Å². The topological polar surface area (TPSA) is 70.2 Å². The summed E-state index contributed by atoms with van der Waals surface area (Å²) < 4.78 is 32.9. The lowest BCUT2D eigenvalue weighted by atomic mass is 9.95. The van der Waals surface area contributed by atoms with Gasteiger partial charge in [0, 0.05) is 45.2 Å². The Morgan fingerprint density at radius 1 is 0.846 bits per heavy atom. The molecule has 0 atom stereocenters. The third kappa shape index (κ3) is 5.99. The van der Waals surface area contributed by atoms with Crippen LogP contribution in [0.4, 0.5) is 0 Å². The van der Waals surface area contributed by atoms with Gasteiger partial charge >= 0.3 is 0 Å². The van der Waals surface area contributed by atoms with E-state index in [1.807, 2.05) is 17.0 Å². The van der Waals surface area contributed by atoms with E-state index in [2.05, 4.69) is 53.4 Å². The Balaban J connectivity index is 1.19. The lowest BCUT2D eigenvalue weighted by Gasteiger charge is -2.41. The number of sulfonamides is 1. The quantitative estimate of drug-likeness (QED) is 0.414. The van der Waals surface area contributed by atoms with E-state index in [0.29, 0.717) is 44.8 Å². The summed E-state index contributed by atoms with van der Waals surface area (Å²) in [6, 6.07) is 25.6. The van der Waals surface area contributed by atoms with Crippen LogP contribution in [0, 0.1) is 5.92 Å². The molecule has 0 aromatic heterocycles. The zero-order valence-corrected chi connectivity index (χ0v) is 23.7. The number of carbonyl (C=O) groups is 1. The van der Waals surface area contributed by atoms with Gasteiger partial charge in [-0.05, 0) is 42.2 Å². The van der Waals surface area contributed by atoms with Crippen molar-refractivity contribution >= 4 is 27.5 Å². The number of nitrogens with zero attached hydrogens (tertiary/aromatic N) is 3. The Morgan fingerprint density at radius 3 is 1.92 bits per heavy atom. The Kier molecular flexibility index (Phi) is 8.57. The third-order valence-electron chi connectivity index (χ3n) is 7.79. The van der Waals surface area contributed by atoms with Crippen molar-refractivity contribution in [2.75, 3.05) is 46.4 Å². The molecule has 3 aromatic rings. The molecule has 9 heteroatoms. The molecular weight excluding hydrogens is 534 g/mol. The van der Waals surface area contributed by atoms with E-state index in [4.69, 9.17) is 16.3 Å². The second-order valence-electron chi connectivity index (χ2n) is 10.1. The Labute approximate surface area is 236 Å². The molecule has 0 unspecified atom stereocenters. The van der Waals surface area contributed by atoms with Gasteiger partial charge in [-0.2, -0.15) is 4.31 Å². The third-order valence-corrected chi connectivity index (χ3v) is 9.98. The predicted molar refractivity (Wildman–Crippen MR) is 152 cm³/mol. The molecule has 2 saturated heterocycles. The van der Waals surface area contributed by atoms with Gasteiger partial charge in [-0.1, -0.05) is 72.3 Å². The number of hydrogen-bond donors (Lipinski definition) is 0. The number of carbonyl (C=O) groups excluding carboxylic acids is 1. The summed E-state index contributed by atoms with van der Waals surface area (Å²) in [6.45, 7) is 3.52. The van der Waals surface area contributed by atoms with Gasteiger partial charge < -0.3 is 9.64 Å². The van der Waals surface area contributed by atoms with E-state index in [1.165, 1.54) is 34.7 Å². The van der Waals surface area contributed by atoms with Crippen LogP contribution in [0.5, 0.6) is 5.75 Å². The van der Waals surface area contributed by atoms with Crippen LogP contribution in [0.15, 0.2) is 83.8 Å². The predicted octanol–water partition coefficient (Wildman–Crippen LogP) is 4.68. The monoisotopic (exact) mass is 567 g/mol. The van der Waals surface area contributed by atoms with Crippen LogP contribution in [-0.4, -0.2) is 74.8 Å². The standard InChI is InChI=1S/C30H34ClN3O4S/c1-38-28-13-12-26(22-27(28)31)39(36,37)34-16-14-25(15-17-34)30(35)33-20-18-32(19-21-33)29(23-8-4-2-5-9-23)24-10-6-3-7-11-24/h2-13,22,25,29H,14-21H2,1H3. The number of halogens is 1. The van der Waals surface area contributed by atoms with Gasteiger partial charge in [-0.25, -0.2) is 8.42 Å². The van der Waals surface area contributed by atoms with Crippen molar-refractivity contribution in [3.8, 4) is 5.75 Å². The molecule has 0 spiro atoms. The molecule has 2 aliphatic heterocycles. The molecule has 2 heterocycles. The molecule has 7 nitrogen and oxygen atoms in total. The van der Waals surface area contributed by atoms with Crippen LogP contribution in [0.3, 0.4) is 0 Å². The van der Waals surface area contributed by atoms with E-state index in [1.54, 1.807) is 6.07 Å². The lowest BCUT2D eigenvalue weighted by molar-refractivity contribution is -0.138. The van der Waals surface area contributed by atoms with Crippen molar-refractivity contribution in [2.45, 2.75) is 23.8 Å². The van der Waals surface area contributed by atoms with Crippen LogP contribution in [-0.2, 0) is 14.8 Å². The number of methoxy groups -OCH3 is 1. The molecule has 0 bridgehead atoms. The van der Waals surface area contributed by atoms with E-state index in [9.17, 15) is 13.2 Å². The minimum absolute atomic E-state index is 0.134. The molecule has 0 radical (unpaired) electrons. The molecule has 0 saturated carbocycles. The summed E-state index contributed by atoms with van der Waals surface area (Å²) in [7, 11) is -2.20. The van der Waals surface area contributed by atoms with Gasteiger partial charge in [-0.3, -0.25) is 9.69 Å². The highest BCUT2D eigenvalue weighted by molar-refractivity contribution is 7.89. The normalized spacial score (nSPS) is 17.9. The van der Waals surface area contributed by atoms with Crippen LogP contribution >= 0.6 is 11.6 Å². The first-order valence-electron chi connectivity index (χ1n) is 13.3. The number of piperidine rings is 1. The van der Waals surface area contributed by atoms with Crippen molar-refractivity contribution in [3.05, 3.63) is 95.0 Å². The van der Waals surface area contributed by atoms with Gasteiger partial charge in [0.15, 0.2) is 0 Å². The summed E-state index contributed by atoms with van der Waals surface area (Å²) in [5.74, 6) is 0.399.